The lowest BCUT2D eigenvalue weighted by Gasteiger charge is -2.31. The average Bonchev–Trinajstić information content (AvgIpc) is 3.33. The maximum absolute atomic E-state index is 13.6. The van der Waals surface area contributed by atoms with Crippen LogP contribution >= 0.6 is 0 Å². The van der Waals surface area contributed by atoms with E-state index in [-0.39, 0.29) is 42.2 Å². The highest BCUT2D eigenvalue weighted by molar-refractivity contribution is 7.89. The van der Waals surface area contributed by atoms with Gasteiger partial charge in [-0.25, -0.2) is 13.4 Å². The molecule has 1 heterocycles. The van der Waals surface area contributed by atoms with Crippen LogP contribution in [0.3, 0.4) is 0 Å². The standard InChI is InChI=1S/C27H37N3O5S/c1-20(2)18-30(19-25(32)23(13-14-31)15-21-7-5-4-6-8-21)36(33,34)24-11-9-22(10-12-24)26-16-29-27(35-26)17-28-3/h4-7,9-12,14,16,20-21,23,25,28,32H,8,13,15,17-19H2,1-3H3/t21?,23-,25+/m0/s1. The van der Waals surface area contributed by atoms with Crippen molar-refractivity contribution < 1.29 is 22.7 Å². The number of hydrogen-bond acceptors (Lipinski definition) is 7. The Kier molecular flexibility index (Phi) is 10.2. The highest BCUT2D eigenvalue weighted by Crippen LogP contribution is 2.28. The number of nitrogens with zero attached hydrogens (tertiary/aromatic N) is 2. The molecule has 0 spiro atoms. The van der Waals surface area contributed by atoms with Crippen molar-refractivity contribution in [3.63, 3.8) is 0 Å². The number of aldehydes is 1. The van der Waals surface area contributed by atoms with Crippen molar-refractivity contribution in [1.29, 1.82) is 0 Å². The van der Waals surface area contributed by atoms with Crippen LogP contribution in [-0.4, -0.2) is 55.3 Å². The Bertz CT molecular complexity index is 1140. The van der Waals surface area contributed by atoms with E-state index in [1.54, 1.807) is 37.5 Å². The lowest BCUT2D eigenvalue weighted by Crippen LogP contribution is -2.42. The van der Waals surface area contributed by atoms with Crippen molar-refractivity contribution in [3.05, 3.63) is 60.7 Å². The van der Waals surface area contributed by atoms with Crippen LogP contribution in [0.4, 0.5) is 0 Å². The number of nitrogens with one attached hydrogen (secondary N) is 1. The number of carbonyl (C=O) groups is 1. The molecule has 3 atom stereocenters. The van der Waals surface area contributed by atoms with Gasteiger partial charge in [-0.05, 0) is 61.9 Å². The molecule has 1 unspecified atom stereocenters. The zero-order valence-electron chi connectivity index (χ0n) is 21.2. The fraction of sp³-hybridized carbons (Fsp3) is 0.481. The first kappa shape index (κ1) is 28.0. The van der Waals surface area contributed by atoms with E-state index in [0.29, 0.717) is 24.6 Å². The summed E-state index contributed by atoms with van der Waals surface area (Å²) in [6, 6.07) is 6.48. The third kappa shape index (κ3) is 7.46. The first-order chi connectivity index (χ1) is 17.2. The summed E-state index contributed by atoms with van der Waals surface area (Å²) < 4.78 is 34.2. The predicted molar refractivity (Wildman–Crippen MR) is 139 cm³/mol. The molecule has 0 radical (unpaired) electrons. The van der Waals surface area contributed by atoms with E-state index in [4.69, 9.17) is 4.42 Å². The minimum atomic E-state index is -3.87. The van der Waals surface area contributed by atoms with Crippen LogP contribution in [0, 0.1) is 17.8 Å². The average molecular weight is 516 g/mol. The monoisotopic (exact) mass is 515 g/mol. The van der Waals surface area contributed by atoms with Gasteiger partial charge in [0.2, 0.25) is 15.9 Å². The van der Waals surface area contributed by atoms with Crippen LogP contribution in [0.2, 0.25) is 0 Å². The molecule has 0 saturated heterocycles. The van der Waals surface area contributed by atoms with Gasteiger partial charge in [0, 0.05) is 25.1 Å². The summed E-state index contributed by atoms with van der Waals surface area (Å²) in [6.45, 7) is 4.57. The van der Waals surface area contributed by atoms with Gasteiger partial charge in [-0.1, -0.05) is 38.2 Å². The van der Waals surface area contributed by atoms with E-state index in [9.17, 15) is 18.3 Å². The Hall–Kier alpha value is -2.59. The number of hydrogen-bond donors (Lipinski definition) is 2. The molecule has 8 nitrogen and oxygen atoms in total. The van der Waals surface area contributed by atoms with Crippen LogP contribution in [0.25, 0.3) is 11.3 Å². The molecule has 0 saturated carbocycles. The summed E-state index contributed by atoms with van der Waals surface area (Å²) >= 11 is 0. The molecule has 196 valence electrons. The number of aliphatic hydroxyl groups is 1. The van der Waals surface area contributed by atoms with Gasteiger partial charge in [0.1, 0.15) is 6.29 Å². The number of oxazole rings is 1. The van der Waals surface area contributed by atoms with Gasteiger partial charge in [0.15, 0.2) is 5.76 Å². The van der Waals surface area contributed by atoms with Gasteiger partial charge in [0.25, 0.3) is 0 Å². The molecule has 0 aliphatic heterocycles. The lowest BCUT2D eigenvalue weighted by molar-refractivity contribution is -0.109. The molecule has 9 heteroatoms. The van der Waals surface area contributed by atoms with E-state index in [1.807, 2.05) is 26.0 Å². The molecular formula is C27H37N3O5S. The van der Waals surface area contributed by atoms with Crippen LogP contribution in [-0.2, 0) is 21.4 Å². The minimum absolute atomic E-state index is 0.0574. The molecule has 2 N–H and O–H groups in total. The van der Waals surface area contributed by atoms with Crippen molar-refractivity contribution in [2.45, 2.75) is 50.7 Å². The third-order valence-electron chi connectivity index (χ3n) is 6.24. The maximum atomic E-state index is 13.6. The quantitative estimate of drug-likeness (QED) is 0.368. The summed E-state index contributed by atoms with van der Waals surface area (Å²) in [5, 5.41) is 14.0. The highest BCUT2D eigenvalue weighted by Gasteiger charge is 2.31. The normalized spacial score (nSPS) is 17.6. The topological polar surface area (TPSA) is 113 Å². The molecule has 2 aromatic rings. The van der Waals surface area contributed by atoms with Crippen LogP contribution in [0.5, 0.6) is 0 Å². The molecule has 1 aromatic carbocycles. The second-order valence-electron chi connectivity index (χ2n) is 9.66. The van der Waals surface area contributed by atoms with Gasteiger partial charge in [-0.15, -0.1) is 0 Å². The van der Waals surface area contributed by atoms with E-state index in [2.05, 4.69) is 22.5 Å². The second-order valence-corrected chi connectivity index (χ2v) is 11.6. The molecular weight excluding hydrogens is 478 g/mol. The first-order valence-corrected chi connectivity index (χ1v) is 13.8. The largest absolute Gasteiger partial charge is 0.439 e. The fourth-order valence-corrected chi connectivity index (χ4v) is 6.00. The van der Waals surface area contributed by atoms with Crippen molar-refractivity contribution >= 4 is 16.3 Å². The highest BCUT2D eigenvalue weighted by atomic mass is 32.2. The number of aliphatic hydroxyl groups excluding tert-OH is 1. The zero-order chi connectivity index (χ0) is 26.1. The molecule has 0 amide bonds. The number of rotatable bonds is 14. The third-order valence-corrected chi connectivity index (χ3v) is 8.08. The van der Waals surface area contributed by atoms with Crippen molar-refractivity contribution in [3.8, 4) is 11.3 Å². The van der Waals surface area contributed by atoms with Gasteiger partial charge in [-0.2, -0.15) is 4.31 Å². The molecule has 0 bridgehead atoms. The lowest BCUT2D eigenvalue weighted by atomic mass is 9.85. The fourth-order valence-electron chi connectivity index (χ4n) is 4.38. The summed E-state index contributed by atoms with van der Waals surface area (Å²) in [5.74, 6) is 1.06. The Morgan fingerprint density at radius 2 is 1.97 bits per heavy atom. The molecule has 1 aliphatic rings. The number of benzene rings is 1. The van der Waals surface area contributed by atoms with Crippen LogP contribution in [0.15, 0.2) is 64.1 Å². The Labute approximate surface area is 214 Å². The van der Waals surface area contributed by atoms with E-state index >= 15 is 0 Å². The van der Waals surface area contributed by atoms with E-state index in [0.717, 1.165) is 18.3 Å². The summed E-state index contributed by atoms with van der Waals surface area (Å²) in [6.07, 6.45) is 11.2. The van der Waals surface area contributed by atoms with Crippen LogP contribution < -0.4 is 5.32 Å². The summed E-state index contributed by atoms with van der Waals surface area (Å²) in [7, 11) is -2.07. The molecule has 1 aliphatic carbocycles. The van der Waals surface area contributed by atoms with Gasteiger partial charge in [-0.3, -0.25) is 0 Å². The number of sulfonamides is 1. The molecule has 0 fully saturated rings. The minimum Gasteiger partial charge on any atom is -0.439 e. The van der Waals surface area contributed by atoms with Gasteiger partial charge in [0.05, 0.1) is 23.7 Å². The predicted octanol–water partition coefficient (Wildman–Crippen LogP) is 3.80. The summed E-state index contributed by atoms with van der Waals surface area (Å²) in [5.41, 5.74) is 0.722. The molecule has 3 rings (SSSR count). The first-order valence-electron chi connectivity index (χ1n) is 12.4. The van der Waals surface area contributed by atoms with Crippen LogP contribution in [0.1, 0.15) is 39.0 Å². The summed E-state index contributed by atoms with van der Waals surface area (Å²) in [4.78, 5) is 15.7. The van der Waals surface area contributed by atoms with Gasteiger partial charge < -0.3 is 19.6 Å². The maximum Gasteiger partial charge on any atom is 0.243 e. The van der Waals surface area contributed by atoms with Crippen molar-refractivity contribution in [2.75, 3.05) is 20.1 Å². The number of allylic oxidation sites excluding steroid dienone is 4. The van der Waals surface area contributed by atoms with E-state index in [1.165, 1.54) is 4.31 Å². The smallest absolute Gasteiger partial charge is 0.243 e. The Morgan fingerprint density at radius 3 is 2.58 bits per heavy atom. The Morgan fingerprint density at radius 1 is 1.22 bits per heavy atom. The number of carbonyl (C=O) groups excluding carboxylic acids is 1. The second kappa shape index (κ2) is 13.1. The van der Waals surface area contributed by atoms with Gasteiger partial charge >= 0.3 is 0 Å². The SMILES string of the molecule is CNCc1ncc(-c2ccc(S(=O)(=O)N(CC(C)C)C[C@@H](O)[C@@H](CC=O)CC3C=CC=CC3)cc2)o1. The molecule has 1 aromatic heterocycles. The Balaban J connectivity index is 1.78. The molecule has 36 heavy (non-hydrogen) atoms. The van der Waals surface area contributed by atoms with Crippen molar-refractivity contribution in [2.24, 2.45) is 17.8 Å². The van der Waals surface area contributed by atoms with Crippen molar-refractivity contribution in [1.82, 2.24) is 14.6 Å². The number of aromatic nitrogens is 1. The van der Waals surface area contributed by atoms with E-state index < -0.39 is 16.1 Å². The zero-order valence-corrected chi connectivity index (χ0v) is 22.0.